The van der Waals surface area contributed by atoms with E-state index in [4.69, 9.17) is 5.73 Å². The lowest BCUT2D eigenvalue weighted by molar-refractivity contribution is 0.626. The Hall–Kier alpha value is -2.43. The van der Waals surface area contributed by atoms with E-state index in [1.54, 1.807) is 16.7 Å². The fourth-order valence-electron chi connectivity index (χ4n) is 2.34. The minimum atomic E-state index is -0.398. The Kier molecular flexibility index (Phi) is 2.89. The van der Waals surface area contributed by atoms with E-state index < -0.39 is 5.82 Å². The second kappa shape index (κ2) is 4.59. The highest BCUT2D eigenvalue weighted by atomic mass is 19.1. The summed E-state index contributed by atoms with van der Waals surface area (Å²) in [6.07, 6.45) is 0. The predicted molar refractivity (Wildman–Crippen MR) is 75.2 cm³/mol. The van der Waals surface area contributed by atoms with Crippen molar-refractivity contribution in [1.29, 1.82) is 0 Å². The van der Waals surface area contributed by atoms with Crippen LogP contribution in [0.2, 0.25) is 0 Å². The molecule has 20 heavy (non-hydrogen) atoms. The summed E-state index contributed by atoms with van der Waals surface area (Å²) in [5, 5.41) is 0. The molecule has 0 spiro atoms. The monoisotopic (exact) mass is 273 g/mol. The summed E-state index contributed by atoms with van der Waals surface area (Å²) >= 11 is 0. The van der Waals surface area contributed by atoms with Crippen molar-refractivity contribution in [2.75, 3.05) is 5.73 Å². The molecule has 0 bridgehead atoms. The quantitative estimate of drug-likeness (QED) is 0.725. The molecule has 0 unspecified atom stereocenters. The zero-order valence-electron chi connectivity index (χ0n) is 10.9. The van der Waals surface area contributed by atoms with Crippen molar-refractivity contribution in [1.82, 2.24) is 9.55 Å². The number of benzene rings is 2. The van der Waals surface area contributed by atoms with Crippen LogP contribution in [0.4, 0.5) is 14.5 Å². The van der Waals surface area contributed by atoms with E-state index in [1.165, 1.54) is 24.3 Å². The molecule has 5 heteroatoms. The van der Waals surface area contributed by atoms with Crippen LogP contribution in [0.1, 0.15) is 6.92 Å². The molecule has 0 fully saturated rings. The molecular weight excluding hydrogens is 260 g/mol. The van der Waals surface area contributed by atoms with Crippen LogP contribution in [0.15, 0.2) is 36.4 Å². The Morgan fingerprint density at radius 2 is 1.95 bits per heavy atom. The molecule has 1 heterocycles. The minimum absolute atomic E-state index is 0.323. The van der Waals surface area contributed by atoms with Gasteiger partial charge in [0.1, 0.15) is 17.5 Å². The second-order valence-electron chi connectivity index (χ2n) is 4.55. The summed E-state index contributed by atoms with van der Waals surface area (Å²) in [6, 6.07) is 8.68. The molecule has 0 amide bonds. The number of hydrogen-bond donors (Lipinski definition) is 1. The highest BCUT2D eigenvalue weighted by Crippen LogP contribution is 2.28. The Bertz CT molecular complexity index is 793. The molecule has 2 N–H and O–H groups in total. The van der Waals surface area contributed by atoms with Crippen molar-refractivity contribution in [3.05, 3.63) is 48.0 Å². The Morgan fingerprint density at radius 1 is 1.15 bits per heavy atom. The maximum absolute atomic E-state index is 14.0. The zero-order valence-corrected chi connectivity index (χ0v) is 10.9. The van der Waals surface area contributed by atoms with Crippen LogP contribution in [-0.2, 0) is 6.54 Å². The number of fused-ring (bicyclic) bond motifs is 1. The molecular formula is C15H13F2N3. The van der Waals surface area contributed by atoms with Crippen molar-refractivity contribution < 1.29 is 8.78 Å². The van der Waals surface area contributed by atoms with Crippen LogP contribution in [0.25, 0.3) is 22.4 Å². The van der Waals surface area contributed by atoms with E-state index in [9.17, 15) is 8.78 Å². The lowest BCUT2D eigenvalue weighted by Gasteiger charge is -2.07. The Labute approximate surface area is 114 Å². The van der Waals surface area contributed by atoms with Crippen LogP contribution in [0.3, 0.4) is 0 Å². The average molecular weight is 273 g/mol. The van der Waals surface area contributed by atoms with Gasteiger partial charge in [0.25, 0.3) is 0 Å². The number of anilines is 1. The minimum Gasteiger partial charge on any atom is -0.399 e. The van der Waals surface area contributed by atoms with Gasteiger partial charge in [0, 0.05) is 12.2 Å². The molecule has 0 aliphatic heterocycles. The number of imidazole rings is 1. The first-order chi connectivity index (χ1) is 9.60. The largest absolute Gasteiger partial charge is 0.399 e. The number of aryl methyl sites for hydroxylation is 1. The van der Waals surface area contributed by atoms with Crippen LogP contribution in [0.5, 0.6) is 0 Å². The van der Waals surface area contributed by atoms with Crippen LogP contribution < -0.4 is 5.73 Å². The third kappa shape index (κ3) is 1.91. The first kappa shape index (κ1) is 12.6. The van der Waals surface area contributed by atoms with Crippen molar-refractivity contribution >= 4 is 16.7 Å². The molecule has 0 saturated carbocycles. The Balaban J connectivity index is 2.33. The van der Waals surface area contributed by atoms with Crippen LogP contribution >= 0.6 is 0 Å². The second-order valence-corrected chi connectivity index (χ2v) is 4.55. The van der Waals surface area contributed by atoms with Gasteiger partial charge < -0.3 is 10.3 Å². The normalized spacial score (nSPS) is 11.2. The number of nitrogens with two attached hydrogens (primary N) is 1. The van der Waals surface area contributed by atoms with Crippen molar-refractivity contribution in [3.63, 3.8) is 0 Å². The number of nitrogens with zero attached hydrogens (tertiary/aromatic N) is 2. The smallest absolute Gasteiger partial charge is 0.144 e. The van der Waals surface area contributed by atoms with E-state index >= 15 is 0 Å². The Morgan fingerprint density at radius 3 is 2.70 bits per heavy atom. The fraction of sp³-hybridized carbons (Fsp3) is 0.133. The lowest BCUT2D eigenvalue weighted by atomic mass is 10.1. The van der Waals surface area contributed by atoms with Gasteiger partial charge in [-0.05, 0) is 43.3 Å². The third-order valence-corrected chi connectivity index (χ3v) is 3.26. The van der Waals surface area contributed by atoms with Gasteiger partial charge in [-0.15, -0.1) is 0 Å². The molecule has 0 saturated heterocycles. The van der Waals surface area contributed by atoms with Gasteiger partial charge in [-0.1, -0.05) is 0 Å². The number of aromatic nitrogens is 2. The number of rotatable bonds is 2. The number of hydrogen-bond acceptors (Lipinski definition) is 2. The van der Waals surface area contributed by atoms with E-state index in [0.717, 1.165) is 0 Å². The standard InChI is InChI=1S/C15H13F2N3/c1-2-20-14-7-9(16)3-6-13(14)19-15(20)11-8-10(18)4-5-12(11)17/h3-8H,2,18H2,1H3. The molecule has 0 atom stereocenters. The first-order valence-electron chi connectivity index (χ1n) is 6.31. The van der Waals surface area contributed by atoms with Crippen molar-refractivity contribution in [2.45, 2.75) is 13.5 Å². The fourth-order valence-corrected chi connectivity index (χ4v) is 2.34. The zero-order chi connectivity index (χ0) is 14.3. The van der Waals surface area contributed by atoms with Gasteiger partial charge in [0.15, 0.2) is 0 Å². The van der Waals surface area contributed by atoms with Crippen LogP contribution in [-0.4, -0.2) is 9.55 Å². The van der Waals surface area contributed by atoms with Gasteiger partial charge in [-0.2, -0.15) is 0 Å². The lowest BCUT2D eigenvalue weighted by Crippen LogP contribution is -2.00. The summed E-state index contributed by atoms with van der Waals surface area (Å²) in [5.41, 5.74) is 7.77. The topological polar surface area (TPSA) is 43.8 Å². The van der Waals surface area contributed by atoms with Crippen LogP contribution in [0, 0.1) is 11.6 Å². The highest BCUT2D eigenvalue weighted by Gasteiger charge is 2.15. The summed E-state index contributed by atoms with van der Waals surface area (Å²) in [6.45, 7) is 2.46. The van der Waals surface area contributed by atoms with Gasteiger partial charge in [-0.3, -0.25) is 0 Å². The molecule has 3 aromatic rings. The van der Waals surface area contributed by atoms with Gasteiger partial charge in [0.2, 0.25) is 0 Å². The maximum atomic E-state index is 14.0. The van der Waals surface area contributed by atoms with Gasteiger partial charge in [-0.25, -0.2) is 13.8 Å². The molecule has 1 aromatic heterocycles. The maximum Gasteiger partial charge on any atom is 0.144 e. The molecule has 2 aromatic carbocycles. The van der Waals surface area contributed by atoms with Gasteiger partial charge >= 0.3 is 0 Å². The molecule has 3 nitrogen and oxygen atoms in total. The molecule has 0 aliphatic rings. The number of halogens is 2. The summed E-state index contributed by atoms with van der Waals surface area (Å²) in [4.78, 5) is 4.40. The third-order valence-electron chi connectivity index (χ3n) is 3.26. The highest BCUT2D eigenvalue weighted by molar-refractivity contribution is 5.81. The average Bonchev–Trinajstić information content (AvgIpc) is 2.79. The molecule has 102 valence electrons. The summed E-state index contributed by atoms with van der Waals surface area (Å²) in [7, 11) is 0. The molecule has 0 aliphatic carbocycles. The SMILES string of the molecule is CCn1c(-c2cc(N)ccc2F)nc2ccc(F)cc21. The molecule has 3 rings (SSSR count). The van der Waals surface area contributed by atoms with E-state index in [0.29, 0.717) is 34.7 Å². The summed E-state index contributed by atoms with van der Waals surface area (Å²) in [5.74, 6) is -0.283. The van der Waals surface area contributed by atoms with E-state index in [1.807, 2.05) is 6.92 Å². The van der Waals surface area contributed by atoms with E-state index in [2.05, 4.69) is 4.98 Å². The first-order valence-corrected chi connectivity index (χ1v) is 6.31. The number of nitrogen functional groups attached to an aromatic ring is 1. The predicted octanol–water partition coefficient (Wildman–Crippen LogP) is 3.58. The van der Waals surface area contributed by atoms with E-state index in [-0.39, 0.29) is 5.82 Å². The summed E-state index contributed by atoms with van der Waals surface area (Å²) < 4.78 is 29.1. The molecule has 0 radical (unpaired) electrons. The van der Waals surface area contributed by atoms with Crippen molar-refractivity contribution in [3.8, 4) is 11.4 Å². The van der Waals surface area contributed by atoms with Crippen molar-refractivity contribution in [2.24, 2.45) is 0 Å². The van der Waals surface area contributed by atoms with Gasteiger partial charge in [0.05, 0.1) is 16.6 Å².